The Morgan fingerprint density at radius 2 is 2.11 bits per heavy atom. The van der Waals surface area contributed by atoms with Crippen LogP contribution in [0, 0.1) is 0 Å². The van der Waals surface area contributed by atoms with Crippen molar-refractivity contribution in [3.8, 4) is 5.75 Å². The Morgan fingerprint density at radius 3 is 2.79 bits per heavy atom. The van der Waals surface area contributed by atoms with Crippen LogP contribution in [0.3, 0.4) is 0 Å². The molecule has 0 unspecified atom stereocenters. The molecule has 28 heavy (non-hydrogen) atoms. The molecule has 0 radical (unpaired) electrons. The van der Waals surface area contributed by atoms with Gasteiger partial charge in [0.15, 0.2) is 0 Å². The van der Waals surface area contributed by atoms with E-state index >= 15 is 0 Å². The first-order valence-corrected chi connectivity index (χ1v) is 10.9. The molecule has 0 saturated carbocycles. The quantitative estimate of drug-likeness (QED) is 0.579. The lowest BCUT2D eigenvalue weighted by atomic mass is 10.1. The Morgan fingerprint density at radius 1 is 1.32 bits per heavy atom. The molecule has 0 bridgehead atoms. The standard InChI is InChI=1S/C20H30N2O5S/c1-14(12-27-15-8-10-26-13-15)21-20(24)17(9-11-28-3)22-19(23)16-6-4-5-7-18(16)25-2/h4-7,14-15,17H,8-13H2,1-3H3,(H,21,24)(H,22,23)/t14-,15-,17+/m0/s1. The van der Waals surface area contributed by atoms with E-state index in [2.05, 4.69) is 10.6 Å². The minimum atomic E-state index is -0.623. The van der Waals surface area contributed by atoms with E-state index in [4.69, 9.17) is 14.2 Å². The summed E-state index contributed by atoms with van der Waals surface area (Å²) in [6, 6.07) is 6.18. The minimum Gasteiger partial charge on any atom is -0.496 e. The first-order valence-electron chi connectivity index (χ1n) is 9.47. The number of hydrogen-bond donors (Lipinski definition) is 2. The van der Waals surface area contributed by atoms with Gasteiger partial charge in [-0.1, -0.05) is 12.1 Å². The molecule has 7 nitrogen and oxygen atoms in total. The van der Waals surface area contributed by atoms with Crippen LogP contribution >= 0.6 is 11.8 Å². The first kappa shape index (κ1) is 22.5. The number of carbonyl (C=O) groups is 2. The van der Waals surface area contributed by atoms with Gasteiger partial charge in [-0.2, -0.15) is 11.8 Å². The van der Waals surface area contributed by atoms with Crippen molar-refractivity contribution in [2.24, 2.45) is 0 Å². The molecule has 1 aromatic carbocycles. The van der Waals surface area contributed by atoms with Crippen molar-refractivity contribution in [3.63, 3.8) is 0 Å². The summed E-state index contributed by atoms with van der Waals surface area (Å²) in [6.45, 7) is 3.62. The highest BCUT2D eigenvalue weighted by Gasteiger charge is 2.24. The van der Waals surface area contributed by atoms with Crippen molar-refractivity contribution >= 4 is 23.6 Å². The number of carbonyl (C=O) groups excluding carboxylic acids is 2. The van der Waals surface area contributed by atoms with E-state index in [1.54, 1.807) is 36.0 Å². The lowest BCUT2D eigenvalue weighted by molar-refractivity contribution is -0.124. The molecule has 1 aliphatic heterocycles. The zero-order chi connectivity index (χ0) is 20.4. The predicted molar refractivity (Wildman–Crippen MR) is 110 cm³/mol. The average molecular weight is 411 g/mol. The van der Waals surface area contributed by atoms with Gasteiger partial charge in [0, 0.05) is 12.6 Å². The van der Waals surface area contributed by atoms with E-state index in [0.29, 0.717) is 30.9 Å². The van der Waals surface area contributed by atoms with Crippen LogP contribution in [0.1, 0.15) is 30.1 Å². The summed E-state index contributed by atoms with van der Waals surface area (Å²) < 4.78 is 16.3. The maximum Gasteiger partial charge on any atom is 0.255 e. The third-order valence-electron chi connectivity index (χ3n) is 4.44. The van der Waals surface area contributed by atoms with Crippen LogP contribution in [-0.2, 0) is 14.3 Å². The number of rotatable bonds is 11. The van der Waals surface area contributed by atoms with Gasteiger partial charge < -0.3 is 24.8 Å². The third kappa shape index (κ3) is 7.00. The van der Waals surface area contributed by atoms with Gasteiger partial charge in [0.2, 0.25) is 5.91 Å². The number of para-hydroxylation sites is 1. The van der Waals surface area contributed by atoms with Crippen molar-refractivity contribution in [3.05, 3.63) is 29.8 Å². The van der Waals surface area contributed by atoms with Gasteiger partial charge in [-0.15, -0.1) is 0 Å². The van der Waals surface area contributed by atoms with Crippen LogP contribution in [-0.4, -0.2) is 68.9 Å². The zero-order valence-corrected chi connectivity index (χ0v) is 17.6. The van der Waals surface area contributed by atoms with Crippen molar-refractivity contribution in [2.75, 3.05) is 38.9 Å². The van der Waals surface area contributed by atoms with E-state index in [1.807, 2.05) is 13.2 Å². The van der Waals surface area contributed by atoms with Crippen molar-refractivity contribution < 1.29 is 23.8 Å². The molecule has 1 aliphatic rings. The van der Waals surface area contributed by atoms with Crippen LogP contribution in [0.2, 0.25) is 0 Å². The Labute approximate surface area is 170 Å². The van der Waals surface area contributed by atoms with Crippen molar-refractivity contribution in [1.29, 1.82) is 0 Å². The summed E-state index contributed by atoms with van der Waals surface area (Å²) in [5.41, 5.74) is 0.407. The SMILES string of the molecule is COc1ccccc1C(=O)N[C@H](CCSC)C(=O)N[C@@H](C)CO[C@H]1CCOC1. The lowest BCUT2D eigenvalue weighted by Crippen LogP contribution is -2.50. The van der Waals surface area contributed by atoms with Gasteiger partial charge >= 0.3 is 0 Å². The number of hydrogen-bond acceptors (Lipinski definition) is 6. The summed E-state index contributed by atoms with van der Waals surface area (Å²) in [7, 11) is 1.51. The fourth-order valence-electron chi connectivity index (χ4n) is 2.88. The molecule has 3 atom stereocenters. The van der Waals surface area contributed by atoms with E-state index in [1.165, 1.54) is 7.11 Å². The molecule has 1 heterocycles. The first-order chi connectivity index (χ1) is 13.5. The van der Waals surface area contributed by atoms with Gasteiger partial charge in [0.05, 0.1) is 32.0 Å². The molecule has 0 spiro atoms. The van der Waals surface area contributed by atoms with Crippen LogP contribution in [0.25, 0.3) is 0 Å². The maximum absolute atomic E-state index is 12.7. The van der Waals surface area contributed by atoms with Crippen LogP contribution in [0.15, 0.2) is 24.3 Å². The summed E-state index contributed by atoms with van der Waals surface area (Å²) in [5.74, 6) is 0.695. The smallest absolute Gasteiger partial charge is 0.255 e. The highest BCUT2D eigenvalue weighted by Crippen LogP contribution is 2.17. The Balaban J connectivity index is 1.92. The van der Waals surface area contributed by atoms with Gasteiger partial charge in [-0.3, -0.25) is 9.59 Å². The van der Waals surface area contributed by atoms with Crippen LogP contribution in [0.4, 0.5) is 0 Å². The van der Waals surface area contributed by atoms with Crippen LogP contribution < -0.4 is 15.4 Å². The van der Waals surface area contributed by atoms with Gasteiger partial charge in [0.25, 0.3) is 5.91 Å². The van der Waals surface area contributed by atoms with E-state index in [-0.39, 0.29) is 24.0 Å². The Hall–Kier alpha value is -1.77. The molecule has 0 aliphatic carbocycles. The molecule has 1 aromatic rings. The van der Waals surface area contributed by atoms with Gasteiger partial charge in [-0.05, 0) is 43.9 Å². The normalized spacial score (nSPS) is 18.3. The lowest BCUT2D eigenvalue weighted by Gasteiger charge is -2.22. The predicted octanol–water partition coefficient (Wildman–Crippen LogP) is 1.86. The summed E-state index contributed by atoms with van der Waals surface area (Å²) >= 11 is 1.63. The largest absolute Gasteiger partial charge is 0.496 e. The molecule has 2 rings (SSSR count). The van der Waals surface area contributed by atoms with Crippen molar-refractivity contribution in [2.45, 2.75) is 38.0 Å². The number of ether oxygens (including phenoxy) is 3. The monoisotopic (exact) mass is 410 g/mol. The topological polar surface area (TPSA) is 85.9 Å². The molecule has 1 saturated heterocycles. The second-order valence-electron chi connectivity index (χ2n) is 6.74. The Bertz CT molecular complexity index is 637. The molecule has 0 aromatic heterocycles. The number of benzene rings is 1. The number of thioether (sulfide) groups is 1. The average Bonchev–Trinajstić information content (AvgIpc) is 3.22. The maximum atomic E-state index is 12.7. The number of amides is 2. The fraction of sp³-hybridized carbons (Fsp3) is 0.600. The van der Waals surface area contributed by atoms with E-state index in [0.717, 1.165) is 18.8 Å². The molecule has 2 N–H and O–H groups in total. The summed E-state index contributed by atoms with van der Waals surface area (Å²) in [5, 5.41) is 5.78. The second kappa shape index (κ2) is 11.9. The fourth-order valence-corrected chi connectivity index (χ4v) is 3.35. The summed E-state index contributed by atoms with van der Waals surface area (Å²) in [6.07, 6.45) is 3.48. The highest BCUT2D eigenvalue weighted by atomic mass is 32.2. The summed E-state index contributed by atoms with van der Waals surface area (Å²) in [4.78, 5) is 25.4. The third-order valence-corrected chi connectivity index (χ3v) is 5.09. The zero-order valence-electron chi connectivity index (χ0n) is 16.7. The molecule has 1 fully saturated rings. The second-order valence-corrected chi connectivity index (χ2v) is 7.72. The van der Waals surface area contributed by atoms with Crippen LogP contribution in [0.5, 0.6) is 5.75 Å². The molecule has 2 amide bonds. The molecule has 8 heteroatoms. The van der Waals surface area contributed by atoms with Crippen molar-refractivity contribution in [1.82, 2.24) is 10.6 Å². The molecule has 156 valence electrons. The molecular weight excluding hydrogens is 380 g/mol. The number of nitrogens with one attached hydrogen (secondary N) is 2. The molecular formula is C20H30N2O5S. The minimum absolute atomic E-state index is 0.0943. The highest BCUT2D eigenvalue weighted by molar-refractivity contribution is 7.98. The van der Waals surface area contributed by atoms with E-state index in [9.17, 15) is 9.59 Å². The van der Waals surface area contributed by atoms with Gasteiger partial charge in [-0.25, -0.2) is 0 Å². The Kier molecular flexibility index (Phi) is 9.60. The van der Waals surface area contributed by atoms with Gasteiger partial charge in [0.1, 0.15) is 11.8 Å². The van der Waals surface area contributed by atoms with E-state index < -0.39 is 6.04 Å². The number of methoxy groups -OCH3 is 1.